The van der Waals surface area contributed by atoms with Gasteiger partial charge in [-0.3, -0.25) is 4.79 Å². The lowest BCUT2D eigenvalue weighted by Crippen LogP contribution is -2.38. The van der Waals surface area contributed by atoms with Gasteiger partial charge in [-0.25, -0.2) is 0 Å². The van der Waals surface area contributed by atoms with E-state index in [1.807, 2.05) is 30.0 Å². The molecule has 0 aliphatic carbocycles. The molecule has 0 spiro atoms. The first-order valence-corrected chi connectivity index (χ1v) is 7.51. The monoisotopic (exact) mass is 290 g/mol. The molecule has 20 heavy (non-hydrogen) atoms. The molecule has 1 N–H and O–H groups in total. The summed E-state index contributed by atoms with van der Waals surface area (Å²) in [4.78, 5) is 17.8. The molecule has 0 bridgehead atoms. The molecule has 0 saturated carbocycles. The normalized spacial score (nSPS) is 16.9. The summed E-state index contributed by atoms with van der Waals surface area (Å²) in [5.41, 5.74) is 2.65. The molecular formula is C16H19ClN2O. The fourth-order valence-corrected chi connectivity index (χ4v) is 3.07. The smallest absolute Gasteiger partial charge is 0.270 e. The number of hydrogen-bond acceptors (Lipinski definition) is 1. The van der Waals surface area contributed by atoms with Gasteiger partial charge in [-0.15, -0.1) is 0 Å². The van der Waals surface area contributed by atoms with E-state index in [1.54, 1.807) is 0 Å². The second-order valence-corrected chi connectivity index (χ2v) is 6.23. The van der Waals surface area contributed by atoms with Crippen molar-refractivity contribution in [2.24, 2.45) is 5.92 Å². The van der Waals surface area contributed by atoms with Crippen molar-refractivity contribution >= 4 is 28.4 Å². The van der Waals surface area contributed by atoms with Gasteiger partial charge in [0.25, 0.3) is 5.91 Å². The predicted molar refractivity (Wildman–Crippen MR) is 82.3 cm³/mol. The van der Waals surface area contributed by atoms with E-state index in [0.717, 1.165) is 48.3 Å². The molecule has 1 aliphatic rings. The second kappa shape index (κ2) is 5.13. The van der Waals surface area contributed by atoms with E-state index in [9.17, 15) is 4.79 Å². The van der Waals surface area contributed by atoms with E-state index in [0.29, 0.717) is 10.7 Å². The zero-order chi connectivity index (χ0) is 14.3. The van der Waals surface area contributed by atoms with Crippen molar-refractivity contribution < 1.29 is 4.79 Å². The lowest BCUT2D eigenvalue weighted by Gasteiger charge is -2.30. The van der Waals surface area contributed by atoms with E-state index in [4.69, 9.17) is 11.6 Å². The van der Waals surface area contributed by atoms with Crippen molar-refractivity contribution in [3.63, 3.8) is 0 Å². The minimum atomic E-state index is 0.113. The lowest BCUT2D eigenvalue weighted by atomic mass is 9.99. The van der Waals surface area contributed by atoms with Gasteiger partial charge in [0.2, 0.25) is 0 Å². The summed E-state index contributed by atoms with van der Waals surface area (Å²) < 4.78 is 0. The average molecular weight is 291 g/mol. The summed E-state index contributed by atoms with van der Waals surface area (Å²) in [6.45, 7) is 5.95. The number of aromatic nitrogens is 1. The Morgan fingerprint density at radius 3 is 2.75 bits per heavy atom. The Morgan fingerprint density at radius 2 is 2.05 bits per heavy atom. The molecule has 3 rings (SSSR count). The highest BCUT2D eigenvalue weighted by Crippen LogP contribution is 2.26. The number of nitrogens with one attached hydrogen (secondary N) is 1. The quantitative estimate of drug-likeness (QED) is 0.846. The number of H-pyrrole nitrogens is 1. The van der Waals surface area contributed by atoms with Crippen LogP contribution in [0.25, 0.3) is 10.9 Å². The number of benzene rings is 1. The number of nitrogens with zero attached hydrogens (tertiary/aromatic N) is 1. The summed E-state index contributed by atoms with van der Waals surface area (Å²) in [5.74, 6) is 0.836. The van der Waals surface area contributed by atoms with E-state index >= 15 is 0 Å². The van der Waals surface area contributed by atoms with Crippen LogP contribution in [0.15, 0.2) is 18.2 Å². The standard InChI is InChI=1S/C16H19ClN2O/c1-10-5-7-19(8-6-10)16(20)15-11(2)13-4-3-12(17)9-14(13)18-15/h3-4,9-10,18H,5-8H2,1-2H3. The Balaban J connectivity index is 1.93. The lowest BCUT2D eigenvalue weighted by molar-refractivity contribution is 0.0691. The summed E-state index contributed by atoms with van der Waals surface area (Å²) in [7, 11) is 0. The first-order chi connectivity index (χ1) is 9.56. The summed E-state index contributed by atoms with van der Waals surface area (Å²) in [6.07, 6.45) is 2.19. The molecule has 1 aromatic heterocycles. The van der Waals surface area contributed by atoms with Crippen molar-refractivity contribution in [1.29, 1.82) is 0 Å². The van der Waals surface area contributed by atoms with Crippen molar-refractivity contribution in [3.05, 3.63) is 34.5 Å². The molecule has 1 saturated heterocycles. The van der Waals surface area contributed by atoms with Gasteiger partial charge in [0.1, 0.15) is 5.69 Å². The van der Waals surface area contributed by atoms with Crippen molar-refractivity contribution in [2.75, 3.05) is 13.1 Å². The zero-order valence-corrected chi connectivity index (χ0v) is 12.6. The SMILES string of the molecule is Cc1c(C(=O)N2CCC(C)CC2)[nH]c2cc(Cl)ccc12. The van der Waals surface area contributed by atoms with E-state index < -0.39 is 0 Å². The number of hydrogen-bond donors (Lipinski definition) is 1. The molecule has 1 aromatic carbocycles. The summed E-state index contributed by atoms with van der Waals surface area (Å²) in [5, 5.41) is 1.76. The highest BCUT2D eigenvalue weighted by Gasteiger charge is 2.24. The average Bonchev–Trinajstić information content (AvgIpc) is 2.75. The molecule has 0 radical (unpaired) electrons. The fourth-order valence-electron chi connectivity index (χ4n) is 2.89. The number of piperidine rings is 1. The highest BCUT2D eigenvalue weighted by molar-refractivity contribution is 6.31. The maximum atomic E-state index is 12.6. The third-order valence-corrected chi connectivity index (χ3v) is 4.54. The van der Waals surface area contributed by atoms with Gasteiger partial charge in [-0.1, -0.05) is 24.6 Å². The molecule has 106 valence electrons. The van der Waals surface area contributed by atoms with Crippen LogP contribution in [0.2, 0.25) is 5.02 Å². The highest BCUT2D eigenvalue weighted by atomic mass is 35.5. The molecule has 2 heterocycles. The Bertz CT molecular complexity index is 654. The number of aromatic amines is 1. The molecule has 2 aromatic rings. The first-order valence-electron chi connectivity index (χ1n) is 7.13. The number of rotatable bonds is 1. The number of amides is 1. The Labute approximate surface area is 123 Å². The van der Waals surface area contributed by atoms with Crippen LogP contribution in [-0.4, -0.2) is 28.9 Å². The van der Waals surface area contributed by atoms with Crippen LogP contribution in [0.3, 0.4) is 0 Å². The first kappa shape index (κ1) is 13.5. The third-order valence-electron chi connectivity index (χ3n) is 4.31. The Hall–Kier alpha value is -1.48. The van der Waals surface area contributed by atoms with E-state index in [1.165, 1.54) is 0 Å². The Kier molecular flexibility index (Phi) is 3.47. The topological polar surface area (TPSA) is 36.1 Å². The van der Waals surface area contributed by atoms with Crippen LogP contribution in [-0.2, 0) is 0 Å². The van der Waals surface area contributed by atoms with Crippen LogP contribution in [0.5, 0.6) is 0 Å². The maximum Gasteiger partial charge on any atom is 0.270 e. The van der Waals surface area contributed by atoms with Crippen LogP contribution >= 0.6 is 11.6 Å². The van der Waals surface area contributed by atoms with Crippen LogP contribution in [0.1, 0.15) is 35.8 Å². The zero-order valence-electron chi connectivity index (χ0n) is 11.9. The van der Waals surface area contributed by atoms with Gasteiger partial charge < -0.3 is 9.88 Å². The number of likely N-dealkylation sites (tertiary alicyclic amines) is 1. The molecule has 1 amide bonds. The van der Waals surface area contributed by atoms with Crippen LogP contribution < -0.4 is 0 Å². The van der Waals surface area contributed by atoms with Gasteiger partial charge in [0.15, 0.2) is 0 Å². The minimum Gasteiger partial charge on any atom is -0.350 e. The number of fused-ring (bicyclic) bond motifs is 1. The molecule has 0 unspecified atom stereocenters. The van der Waals surface area contributed by atoms with Gasteiger partial charge in [0, 0.05) is 29.0 Å². The largest absolute Gasteiger partial charge is 0.350 e. The van der Waals surface area contributed by atoms with Crippen LogP contribution in [0.4, 0.5) is 0 Å². The molecule has 1 fully saturated rings. The van der Waals surface area contributed by atoms with E-state index in [-0.39, 0.29) is 5.91 Å². The summed E-state index contributed by atoms with van der Waals surface area (Å²) in [6, 6.07) is 5.71. The van der Waals surface area contributed by atoms with Gasteiger partial charge in [-0.05, 0) is 43.4 Å². The number of carbonyl (C=O) groups excluding carboxylic acids is 1. The summed E-state index contributed by atoms with van der Waals surface area (Å²) >= 11 is 6.01. The third kappa shape index (κ3) is 2.31. The predicted octanol–water partition coefficient (Wildman–Crippen LogP) is 4.00. The molecule has 3 nitrogen and oxygen atoms in total. The maximum absolute atomic E-state index is 12.6. The number of aryl methyl sites for hydroxylation is 1. The van der Waals surface area contributed by atoms with Crippen LogP contribution in [0, 0.1) is 12.8 Å². The molecule has 4 heteroatoms. The van der Waals surface area contributed by atoms with Crippen molar-refractivity contribution in [3.8, 4) is 0 Å². The van der Waals surface area contributed by atoms with Gasteiger partial charge in [-0.2, -0.15) is 0 Å². The van der Waals surface area contributed by atoms with Gasteiger partial charge in [0.05, 0.1) is 0 Å². The molecule has 1 aliphatic heterocycles. The second-order valence-electron chi connectivity index (χ2n) is 5.79. The number of halogens is 1. The fraction of sp³-hybridized carbons (Fsp3) is 0.438. The minimum absolute atomic E-state index is 0.113. The molecule has 0 atom stereocenters. The van der Waals surface area contributed by atoms with E-state index in [2.05, 4.69) is 11.9 Å². The van der Waals surface area contributed by atoms with Gasteiger partial charge >= 0.3 is 0 Å². The Morgan fingerprint density at radius 1 is 1.35 bits per heavy atom. The van der Waals surface area contributed by atoms with Crippen molar-refractivity contribution in [1.82, 2.24) is 9.88 Å². The molecular weight excluding hydrogens is 272 g/mol. The number of carbonyl (C=O) groups is 1. The van der Waals surface area contributed by atoms with Crippen molar-refractivity contribution in [2.45, 2.75) is 26.7 Å².